The molecule has 0 aliphatic carbocycles. The van der Waals surface area contributed by atoms with Gasteiger partial charge in [0.25, 0.3) is 5.91 Å². The van der Waals surface area contributed by atoms with Crippen molar-refractivity contribution in [2.45, 2.75) is 18.9 Å². The standard InChI is InChI=1S/C20H20N4O2/c25-18-10-5-11-24(18)13-17(14-6-2-1-3-7-14)22-20(26)16-9-4-8-15-12-21-23-19(15)16/h1-4,6-9,12,17H,5,10-11,13H2,(H,21,23)(H,22,26). The number of carbonyl (C=O) groups is 2. The number of aromatic nitrogens is 2. The summed E-state index contributed by atoms with van der Waals surface area (Å²) in [5.74, 6) is -0.0313. The molecule has 3 aromatic rings. The van der Waals surface area contributed by atoms with Crippen molar-refractivity contribution >= 4 is 22.7 Å². The van der Waals surface area contributed by atoms with Gasteiger partial charge in [0.15, 0.2) is 0 Å². The first-order valence-corrected chi connectivity index (χ1v) is 8.78. The summed E-state index contributed by atoms with van der Waals surface area (Å²) in [5.41, 5.74) is 2.25. The summed E-state index contributed by atoms with van der Waals surface area (Å²) >= 11 is 0. The molecule has 2 N–H and O–H groups in total. The Bertz CT molecular complexity index is 935. The van der Waals surface area contributed by atoms with Crippen molar-refractivity contribution in [3.05, 3.63) is 65.9 Å². The van der Waals surface area contributed by atoms with E-state index in [1.165, 1.54) is 0 Å². The zero-order valence-electron chi connectivity index (χ0n) is 14.3. The number of benzene rings is 2. The Morgan fingerprint density at radius 1 is 1.19 bits per heavy atom. The molecule has 1 atom stereocenters. The molecule has 1 fully saturated rings. The van der Waals surface area contributed by atoms with Crippen LogP contribution in [-0.2, 0) is 4.79 Å². The molecule has 6 nitrogen and oxygen atoms in total. The van der Waals surface area contributed by atoms with E-state index in [1.54, 1.807) is 12.3 Å². The van der Waals surface area contributed by atoms with Crippen molar-refractivity contribution in [2.24, 2.45) is 0 Å². The zero-order valence-corrected chi connectivity index (χ0v) is 14.3. The highest BCUT2D eigenvalue weighted by molar-refractivity contribution is 6.05. The number of likely N-dealkylation sites (tertiary alicyclic amines) is 1. The minimum atomic E-state index is -0.260. The predicted octanol–water partition coefficient (Wildman–Crippen LogP) is 2.66. The minimum Gasteiger partial charge on any atom is -0.343 e. The van der Waals surface area contributed by atoms with E-state index in [4.69, 9.17) is 0 Å². The maximum atomic E-state index is 12.9. The summed E-state index contributed by atoms with van der Waals surface area (Å²) in [4.78, 5) is 26.8. The van der Waals surface area contributed by atoms with Crippen LogP contribution in [0, 0.1) is 0 Å². The van der Waals surface area contributed by atoms with E-state index in [-0.39, 0.29) is 17.9 Å². The first-order chi connectivity index (χ1) is 12.7. The molecular weight excluding hydrogens is 328 g/mol. The second-order valence-electron chi connectivity index (χ2n) is 6.52. The van der Waals surface area contributed by atoms with Gasteiger partial charge in [-0.2, -0.15) is 5.10 Å². The molecule has 1 aliphatic heterocycles. The van der Waals surface area contributed by atoms with Crippen LogP contribution in [0.25, 0.3) is 10.9 Å². The van der Waals surface area contributed by atoms with E-state index < -0.39 is 0 Å². The molecule has 1 saturated heterocycles. The van der Waals surface area contributed by atoms with Gasteiger partial charge >= 0.3 is 0 Å². The van der Waals surface area contributed by atoms with E-state index in [0.717, 1.165) is 23.9 Å². The lowest BCUT2D eigenvalue weighted by atomic mass is 10.0. The number of nitrogens with one attached hydrogen (secondary N) is 2. The fourth-order valence-corrected chi connectivity index (χ4v) is 3.43. The van der Waals surface area contributed by atoms with Crippen LogP contribution in [0.15, 0.2) is 54.7 Å². The SMILES string of the molecule is O=C(NC(CN1CCCC1=O)c1ccccc1)c1cccc2cn[nH]c12. The third-order valence-electron chi connectivity index (χ3n) is 4.80. The molecule has 2 aromatic carbocycles. The van der Waals surface area contributed by atoms with Crippen LogP contribution >= 0.6 is 0 Å². The third-order valence-corrected chi connectivity index (χ3v) is 4.80. The highest BCUT2D eigenvalue weighted by Crippen LogP contribution is 2.21. The first-order valence-electron chi connectivity index (χ1n) is 8.78. The summed E-state index contributed by atoms with van der Waals surface area (Å²) in [6.45, 7) is 1.22. The van der Waals surface area contributed by atoms with Crippen molar-refractivity contribution in [3.63, 3.8) is 0 Å². The molecule has 2 amide bonds. The van der Waals surface area contributed by atoms with Crippen molar-refractivity contribution in [3.8, 4) is 0 Å². The van der Waals surface area contributed by atoms with Gasteiger partial charge in [-0.05, 0) is 18.1 Å². The monoisotopic (exact) mass is 348 g/mol. The number of fused-ring (bicyclic) bond motifs is 1. The number of nitrogens with zero attached hydrogens (tertiary/aromatic N) is 2. The second kappa shape index (κ2) is 7.00. The van der Waals surface area contributed by atoms with Crippen LogP contribution in [0.3, 0.4) is 0 Å². The third kappa shape index (κ3) is 3.18. The predicted molar refractivity (Wildman–Crippen MR) is 98.6 cm³/mol. The molecule has 6 heteroatoms. The summed E-state index contributed by atoms with van der Waals surface area (Å²) in [5, 5.41) is 10.9. The summed E-state index contributed by atoms with van der Waals surface area (Å²) in [7, 11) is 0. The number of hydrogen-bond donors (Lipinski definition) is 2. The van der Waals surface area contributed by atoms with Gasteiger partial charge in [0.1, 0.15) is 0 Å². The van der Waals surface area contributed by atoms with Crippen LogP contribution in [0.1, 0.15) is 34.8 Å². The fourth-order valence-electron chi connectivity index (χ4n) is 3.43. The van der Waals surface area contributed by atoms with Crippen LogP contribution in [0.4, 0.5) is 0 Å². The van der Waals surface area contributed by atoms with Crippen molar-refractivity contribution in [1.82, 2.24) is 20.4 Å². The summed E-state index contributed by atoms with van der Waals surface area (Å²) < 4.78 is 0. The summed E-state index contributed by atoms with van der Waals surface area (Å²) in [6, 6.07) is 15.0. The largest absolute Gasteiger partial charge is 0.343 e. The summed E-state index contributed by atoms with van der Waals surface area (Å²) in [6.07, 6.45) is 3.16. The van der Waals surface area contributed by atoms with Gasteiger partial charge in [-0.25, -0.2) is 0 Å². The minimum absolute atomic E-state index is 0.149. The van der Waals surface area contributed by atoms with Gasteiger partial charge in [-0.1, -0.05) is 42.5 Å². The Hall–Kier alpha value is -3.15. The highest BCUT2D eigenvalue weighted by Gasteiger charge is 2.26. The van der Waals surface area contributed by atoms with Gasteiger partial charge in [0, 0.05) is 24.9 Å². The van der Waals surface area contributed by atoms with E-state index in [2.05, 4.69) is 15.5 Å². The van der Waals surface area contributed by atoms with E-state index in [0.29, 0.717) is 24.0 Å². The first kappa shape index (κ1) is 16.3. The normalized spacial score (nSPS) is 15.4. The molecule has 1 aromatic heterocycles. The molecule has 1 unspecified atom stereocenters. The van der Waals surface area contributed by atoms with Crippen LogP contribution in [-0.4, -0.2) is 40.0 Å². The molecule has 0 bridgehead atoms. The Labute approximate surface area is 151 Å². The fraction of sp³-hybridized carbons (Fsp3) is 0.250. The number of H-pyrrole nitrogens is 1. The van der Waals surface area contributed by atoms with Gasteiger partial charge in [0.05, 0.1) is 23.3 Å². The number of hydrogen-bond acceptors (Lipinski definition) is 3. The molecule has 2 heterocycles. The molecule has 132 valence electrons. The molecule has 4 rings (SSSR count). The second-order valence-corrected chi connectivity index (χ2v) is 6.52. The molecule has 1 aliphatic rings. The number of para-hydroxylation sites is 1. The van der Waals surface area contributed by atoms with E-state index >= 15 is 0 Å². The smallest absolute Gasteiger partial charge is 0.254 e. The molecule has 26 heavy (non-hydrogen) atoms. The molecule has 0 radical (unpaired) electrons. The Kier molecular flexibility index (Phi) is 4.39. The molecular formula is C20H20N4O2. The Balaban J connectivity index is 1.60. The lowest BCUT2D eigenvalue weighted by Crippen LogP contribution is -2.38. The quantitative estimate of drug-likeness (QED) is 0.744. The van der Waals surface area contributed by atoms with Crippen molar-refractivity contribution < 1.29 is 9.59 Å². The number of carbonyl (C=O) groups excluding carboxylic acids is 2. The molecule has 0 spiro atoms. The van der Waals surface area contributed by atoms with Gasteiger partial charge in [0.2, 0.25) is 5.91 Å². The molecule has 0 saturated carbocycles. The Morgan fingerprint density at radius 3 is 2.81 bits per heavy atom. The van der Waals surface area contributed by atoms with Crippen LogP contribution in [0.2, 0.25) is 0 Å². The van der Waals surface area contributed by atoms with E-state index in [1.807, 2.05) is 47.4 Å². The zero-order chi connectivity index (χ0) is 17.9. The average molecular weight is 348 g/mol. The number of amides is 2. The average Bonchev–Trinajstić information content (AvgIpc) is 3.30. The lowest BCUT2D eigenvalue weighted by Gasteiger charge is -2.25. The van der Waals surface area contributed by atoms with Gasteiger partial charge < -0.3 is 10.2 Å². The van der Waals surface area contributed by atoms with Crippen LogP contribution in [0.5, 0.6) is 0 Å². The lowest BCUT2D eigenvalue weighted by molar-refractivity contribution is -0.128. The maximum Gasteiger partial charge on any atom is 0.254 e. The van der Waals surface area contributed by atoms with Gasteiger partial charge in [-0.3, -0.25) is 14.7 Å². The van der Waals surface area contributed by atoms with Gasteiger partial charge in [-0.15, -0.1) is 0 Å². The van der Waals surface area contributed by atoms with Crippen molar-refractivity contribution in [1.29, 1.82) is 0 Å². The topological polar surface area (TPSA) is 78.1 Å². The number of aromatic amines is 1. The van der Waals surface area contributed by atoms with Crippen LogP contribution < -0.4 is 5.32 Å². The number of rotatable bonds is 5. The Morgan fingerprint density at radius 2 is 2.04 bits per heavy atom. The van der Waals surface area contributed by atoms with Crippen molar-refractivity contribution in [2.75, 3.05) is 13.1 Å². The highest BCUT2D eigenvalue weighted by atomic mass is 16.2. The van der Waals surface area contributed by atoms with E-state index in [9.17, 15) is 9.59 Å². The maximum absolute atomic E-state index is 12.9.